The van der Waals surface area contributed by atoms with Crippen LogP contribution < -0.4 is 0 Å². The van der Waals surface area contributed by atoms with Gasteiger partial charge < -0.3 is 14.6 Å². The smallest absolute Gasteiger partial charge is 0.253 e. The molecule has 7 heteroatoms. The summed E-state index contributed by atoms with van der Waals surface area (Å²) in [4.78, 5) is 18.4. The van der Waals surface area contributed by atoms with Gasteiger partial charge in [-0.2, -0.15) is 0 Å². The molecule has 2 aliphatic rings. The first-order chi connectivity index (χ1) is 12.6. The van der Waals surface area contributed by atoms with E-state index < -0.39 is 0 Å². The summed E-state index contributed by atoms with van der Waals surface area (Å²) < 4.78 is 7.86. The van der Waals surface area contributed by atoms with Crippen LogP contribution in [0.25, 0.3) is 10.9 Å². The number of rotatable bonds is 1. The number of piperidine rings is 1. The van der Waals surface area contributed by atoms with E-state index in [4.69, 9.17) is 4.74 Å². The third-order valence-corrected chi connectivity index (χ3v) is 5.77. The van der Waals surface area contributed by atoms with E-state index in [1.54, 1.807) is 6.20 Å². The van der Waals surface area contributed by atoms with Crippen LogP contribution >= 0.6 is 0 Å². The van der Waals surface area contributed by atoms with Crippen molar-refractivity contribution in [3.05, 3.63) is 46.9 Å². The molecule has 1 fully saturated rings. The molecule has 1 amide bonds. The molecule has 1 aromatic carbocycles. The lowest BCUT2D eigenvalue weighted by atomic mass is 9.99. The van der Waals surface area contributed by atoms with Crippen molar-refractivity contribution in [3.63, 3.8) is 0 Å². The molecule has 0 radical (unpaired) electrons. The Kier molecular flexibility index (Phi) is 3.40. The largest absolute Gasteiger partial charge is 0.370 e. The van der Waals surface area contributed by atoms with Crippen LogP contribution in [0.15, 0.2) is 24.4 Å². The summed E-state index contributed by atoms with van der Waals surface area (Å²) in [7, 11) is 0. The van der Waals surface area contributed by atoms with E-state index in [2.05, 4.69) is 29.1 Å². The van der Waals surface area contributed by atoms with Crippen molar-refractivity contribution < 1.29 is 9.53 Å². The van der Waals surface area contributed by atoms with Gasteiger partial charge in [-0.05, 0) is 44.0 Å². The molecule has 5 rings (SSSR count). The lowest BCUT2D eigenvalue weighted by molar-refractivity contribution is -0.0605. The number of fused-ring (bicyclic) bond motifs is 4. The minimum atomic E-state index is 0.0407. The number of aromatic nitrogens is 4. The number of H-pyrrole nitrogens is 1. The van der Waals surface area contributed by atoms with Crippen LogP contribution in [0.2, 0.25) is 0 Å². The van der Waals surface area contributed by atoms with Crippen molar-refractivity contribution >= 4 is 16.8 Å². The number of ether oxygens (including phenoxy) is 1. The van der Waals surface area contributed by atoms with Crippen molar-refractivity contribution in [2.45, 2.75) is 39.0 Å². The second-order valence-electron chi connectivity index (χ2n) is 7.26. The molecule has 0 saturated carbocycles. The summed E-state index contributed by atoms with van der Waals surface area (Å²) in [6, 6.07) is 5.94. The topological polar surface area (TPSA) is 76.0 Å². The van der Waals surface area contributed by atoms with E-state index in [1.165, 1.54) is 5.56 Å². The van der Waals surface area contributed by atoms with Crippen LogP contribution in [0.5, 0.6) is 0 Å². The van der Waals surface area contributed by atoms with Gasteiger partial charge in [0.2, 0.25) is 0 Å². The number of amides is 1. The summed E-state index contributed by atoms with van der Waals surface area (Å²) >= 11 is 0. The minimum Gasteiger partial charge on any atom is -0.370 e. The second kappa shape index (κ2) is 5.67. The number of aryl methyl sites for hydroxylation is 2. The van der Waals surface area contributed by atoms with Crippen molar-refractivity contribution in [3.8, 4) is 0 Å². The molecule has 2 aliphatic heterocycles. The molecule has 2 atom stereocenters. The third-order valence-electron chi connectivity index (χ3n) is 5.77. The maximum atomic E-state index is 13.1. The van der Waals surface area contributed by atoms with Gasteiger partial charge in [-0.3, -0.25) is 4.79 Å². The van der Waals surface area contributed by atoms with Crippen LogP contribution in [0.3, 0.4) is 0 Å². The summed E-state index contributed by atoms with van der Waals surface area (Å²) in [6.07, 6.45) is 2.66. The SMILES string of the molecule is Cc1[nH]c2ccc(C(=O)N3CC[C@H]4OCc5cnnn5[C@@H]4C3)cc2c1C. The predicted octanol–water partition coefficient (Wildman–Crippen LogP) is 2.36. The number of nitrogens with zero attached hydrogens (tertiary/aromatic N) is 4. The molecule has 1 saturated heterocycles. The number of likely N-dealkylation sites (tertiary alicyclic amines) is 1. The van der Waals surface area contributed by atoms with E-state index in [1.807, 2.05) is 27.8 Å². The first-order valence-electron chi connectivity index (χ1n) is 9.00. The average molecular weight is 351 g/mol. The van der Waals surface area contributed by atoms with Crippen LogP contribution in [0, 0.1) is 13.8 Å². The fraction of sp³-hybridized carbons (Fsp3) is 0.421. The van der Waals surface area contributed by atoms with Gasteiger partial charge in [-0.15, -0.1) is 5.10 Å². The Bertz CT molecular complexity index is 1000. The van der Waals surface area contributed by atoms with E-state index in [0.717, 1.165) is 34.3 Å². The molecule has 4 heterocycles. The van der Waals surface area contributed by atoms with Crippen molar-refractivity contribution in [1.29, 1.82) is 0 Å². The molecule has 7 nitrogen and oxygen atoms in total. The third kappa shape index (κ3) is 2.27. The molecule has 134 valence electrons. The fourth-order valence-corrected chi connectivity index (χ4v) is 4.14. The van der Waals surface area contributed by atoms with Crippen LogP contribution in [0.1, 0.15) is 39.8 Å². The van der Waals surface area contributed by atoms with E-state index >= 15 is 0 Å². The van der Waals surface area contributed by atoms with Crippen molar-refractivity contribution in [1.82, 2.24) is 24.9 Å². The monoisotopic (exact) mass is 351 g/mol. The van der Waals surface area contributed by atoms with Gasteiger partial charge in [0.1, 0.15) is 0 Å². The van der Waals surface area contributed by atoms with Gasteiger partial charge in [-0.25, -0.2) is 4.68 Å². The Hall–Kier alpha value is -2.67. The Morgan fingerprint density at radius 2 is 2.23 bits per heavy atom. The molecule has 0 bridgehead atoms. The molecular weight excluding hydrogens is 330 g/mol. The van der Waals surface area contributed by atoms with Crippen molar-refractivity contribution in [2.75, 3.05) is 13.1 Å². The molecule has 0 unspecified atom stereocenters. The van der Waals surface area contributed by atoms with Crippen LogP contribution in [0.4, 0.5) is 0 Å². The lowest BCUT2D eigenvalue weighted by Gasteiger charge is -2.41. The quantitative estimate of drug-likeness (QED) is 0.730. The summed E-state index contributed by atoms with van der Waals surface area (Å²) in [5.41, 5.74) is 5.11. The maximum Gasteiger partial charge on any atom is 0.253 e. The van der Waals surface area contributed by atoms with Crippen LogP contribution in [-0.2, 0) is 11.3 Å². The predicted molar refractivity (Wildman–Crippen MR) is 95.9 cm³/mol. The van der Waals surface area contributed by atoms with E-state index in [-0.39, 0.29) is 18.1 Å². The number of hydrogen-bond donors (Lipinski definition) is 1. The first-order valence-corrected chi connectivity index (χ1v) is 9.00. The molecule has 26 heavy (non-hydrogen) atoms. The molecular formula is C19H21N5O2. The van der Waals surface area contributed by atoms with E-state index in [0.29, 0.717) is 19.7 Å². The second-order valence-corrected chi connectivity index (χ2v) is 7.26. The molecule has 0 aliphatic carbocycles. The molecule has 2 aromatic heterocycles. The number of carbonyl (C=O) groups excluding carboxylic acids is 1. The number of nitrogens with one attached hydrogen (secondary N) is 1. The zero-order valence-electron chi connectivity index (χ0n) is 14.9. The van der Waals surface area contributed by atoms with Crippen LogP contribution in [-0.4, -0.2) is 50.0 Å². The fourth-order valence-electron chi connectivity index (χ4n) is 4.14. The first kappa shape index (κ1) is 15.6. The highest BCUT2D eigenvalue weighted by Gasteiger charge is 2.38. The Morgan fingerprint density at radius 1 is 1.35 bits per heavy atom. The number of hydrogen-bond acceptors (Lipinski definition) is 4. The van der Waals surface area contributed by atoms with E-state index in [9.17, 15) is 4.79 Å². The highest BCUT2D eigenvalue weighted by Crippen LogP contribution is 2.31. The number of aromatic amines is 1. The van der Waals surface area contributed by atoms with Gasteiger partial charge in [0.05, 0.1) is 30.6 Å². The average Bonchev–Trinajstić information content (AvgIpc) is 3.25. The summed E-state index contributed by atoms with van der Waals surface area (Å²) in [5, 5.41) is 9.32. The van der Waals surface area contributed by atoms with Gasteiger partial charge in [-0.1, -0.05) is 5.21 Å². The zero-order chi connectivity index (χ0) is 17.8. The van der Waals surface area contributed by atoms with Gasteiger partial charge in [0, 0.05) is 35.2 Å². The standard InChI is InChI=1S/C19H21N5O2/c1-11-12(2)21-16-4-3-13(7-15(11)16)19(25)23-6-5-18-17(9-23)24-14(10-26-18)8-20-22-24/h3-4,7-8,17-18,21H,5-6,9-10H2,1-2H3/t17-,18-/m1/s1. The number of benzene rings is 1. The highest BCUT2D eigenvalue weighted by molar-refractivity contribution is 5.99. The Balaban J connectivity index is 1.44. The number of carbonyl (C=O) groups is 1. The van der Waals surface area contributed by atoms with Gasteiger partial charge >= 0.3 is 0 Å². The highest BCUT2D eigenvalue weighted by atomic mass is 16.5. The molecule has 1 N–H and O–H groups in total. The lowest BCUT2D eigenvalue weighted by Crippen LogP contribution is -2.49. The Morgan fingerprint density at radius 3 is 3.12 bits per heavy atom. The van der Waals surface area contributed by atoms with Gasteiger partial charge in [0.15, 0.2) is 0 Å². The Labute approximate surface area is 150 Å². The summed E-state index contributed by atoms with van der Waals surface area (Å²) in [5.74, 6) is 0.0656. The molecule has 0 spiro atoms. The maximum absolute atomic E-state index is 13.1. The zero-order valence-corrected chi connectivity index (χ0v) is 14.9. The minimum absolute atomic E-state index is 0.0407. The van der Waals surface area contributed by atoms with Gasteiger partial charge in [0.25, 0.3) is 5.91 Å². The molecule has 3 aromatic rings. The van der Waals surface area contributed by atoms with Crippen molar-refractivity contribution in [2.24, 2.45) is 0 Å². The summed E-state index contributed by atoms with van der Waals surface area (Å²) in [6.45, 7) is 5.99. The normalized spacial score (nSPS) is 22.3.